The Labute approximate surface area is 104 Å². The van der Waals surface area contributed by atoms with Gasteiger partial charge in [-0.3, -0.25) is 0 Å². The van der Waals surface area contributed by atoms with Gasteiger partial charge in [-0.05, 0) is 18.3 Å². The molecule has 0 aliphatic carbocycles. The van der Waals surface area contributed by atoms with E-state index in [-0.39, 0.29) is 0 Å². The van der Waals surface area contributed by atoms with E-state index >= 15 is 0 Å². The average molecular weight is 269 g/mol. The molecule has 0 aromatic carbocycles. The van der Waals surface area contributed by atoms with Crippen molar-refractivity contribution in [2.75, 3.05) is 32.6 Å². The second-order valence-electron chi connectivity index (χ2n) is 4.64. The molecular formula is C10H21ClN2O2S. The summed E-state index contributed by atoms with van der Waals surface area (Å²) in [7, 11) is -1.65. The van der Waals surface area contributed by atoms with E-state index in [1.54, 1.807) is 11.4 Å². The van der Waals surface area contributed by atoms with Gasteiger partial charge in [-0.1, -0.05) is 13.8 Å². The van der Waals surface area contributed by atoms with Crippen molar-refractivity contribution in [3.63, 3.8) is 0 Å². The molecule has 0 amide bonds. The maximum atomic E-state index is 12.1. The fraction of sp³-hybridized carbons (Fsp3) is 1.00. The Hall–Kier alpha value is 0.160. The third-order valence-electron chi connectivity index (χ3n) is 3.28. The molecule has 16 heavy (non-hydrogen) atoms. The van der Waals surface area contributed by atoms with E-state index in [4.69, 9.17) is 11.6 Å². The highest BCUT2D eigenvalue weighted by atomic mass is 35.5. The Morgan fingerprint density at radius 3 is 2.25 bits per heavy atom. The first kappa shape index (κ1) is 14.2. The summed E-state index contributed by atoms with van der Waals surface area (Å²) in [6.45, 7) is 5.95. The molecule has 1 fully saturated rings. The first-order chi connectivity index (χ1) is 7.39. The van der Waals surface area contributed by atoms with Crippen molar-refractivity contribution in [3.8, 4) is 0 Å². The van der Waals surface area contributed by atoms with Crippen LogP contribution in [0, 0.1) is 11.8 Å². The van der Waals surface area contributed by atoms with Crippen LogP contribution in [0.5, 0.6) is 0 Å². The predicted molar refractivity (Wildman–Crippen MR) is 66.8 cm³/mol. The molecule has 6 heteroatoms. The topological polar surface area (TPSA) is 40.6 Å². The Morgan fingerprint density at radius 2 is 1.81 bits per heavy atom. The minimum absolute atomic E-state index is 0.441. The molecule has 2 atom stereocenters. The van der Waals surface area contributed by atoms with Gasteiger partial charge < -0.3 is 0 Å². The quantitative estimate of drug-likeness (QED) is 0.707. The first-order valence-corrected chi connectivity index (χ1v) is 7.60. The third kappa shape index (κ3) is 3.09. The lowest BCUT2D eigenvalue weighted by Gasteiger charge is -2.23. The van der Waals surface area contributed by atoms with Crippen molar-refractivity contribution in [3.05, 3.63) is 0 Å². The monoisotopic (exact) mass is 268 g/mol. The van der Waals surface area contributed by atoms with Crippen LogP contribution in [0.1, 0.15) is 20.3 Å². The number of hydrogen-bond donors (Lipinski definition) is 0. The molecule has 96 valence electrons. The zero-order valence-electron chi connectivity index (χ0n) is 10.2. The molecular weight excluding hydrogens is 248 g/mol. The number of rotatable bonds is 5. The zero-order valence-corrected chi connectivity index (χ0v) is 11.8. The second kappa shape index (κ2) is 5.67. The molecule has 0 aromatic rings. The van der Waals surface area contributed by atoms with Crippen LogP contribution in [0.25, 0.3) is 0 Å². The van der Waals surface area contributed by atoms with E-state index < -0.39 is 10.2 Å². The van der Waals surface area contributed by atoms with Gasteiger partial charge in [-0.2, -0.15) is 17.0 Å². The minimum Gasteiger partial charge on any atom is -0.195 e. The standard InChI is InChI=1S/C10H21ClN2O2S/c1-9-7-13(8-10(9)2)16(14,15)12(3)6-4-5-11/h9-10H,4-8H2,1-3H3. The molecule has 1 aliphatic heterocycles. The number of hydrogen-bond acceptors (Lipinski definition) is 2. The fourth-order valence-corrected chi connectivity index (χ4v) is 3.58. The molecule has 0 bridgehead atoms. The molecule has 0 radical (unpaired) electrons. The summed E-state index contributed by atoms with van der Waals surface area (Å²) >= 11 is 5.57. The Balaban J connectivity index is 2.64. The molecule has 1 saturated heterocycles. The highest BCUT2D eigenvalue weighted by Gasteiger charge is 2.35. The molecule has 0 N–H and O–H groups in total. The van der Waals surface area contributed by atoms with Gasteiger partial charge in [0.15, 0.2) is 0 Å². The summed E-state index contributed by atoms with van der Waals surface area (Å²) in [6, 6.07) is 0. The third-order valence-corrected chi connectivity index (χ3v) is 5.47. The molecule has 0 aromatic heterocycles. The van der Waals surface area contributed by atoms with Gasteiger partial charge in [0.05, 0.1) is 0 Å². The van der Waals surface area contributed by atoms with Gasteiger partial charge in [0.1, 0.15) is 0 Å². The van der Waals surface area contributed by atoms with Crippen molar-refractivity contribution in [1.82, 2.24) is 8.61 Å². The Bertz CT molecular complexity index is 311. The van der Waals surface area contributed by atoms with Gasteiger partial charge in [-0.15, -0.1) is 11.6 Å². The predicted octanol–water partition coefficient (Wildman–Crippen LogP) is 1.38. The smallest absolute Gasteiger partial charge is 0.195 e. The second-order valence-corrected chi connectivity index (χ2v) is 7.06. The highest BCUT2D eigenvalue weighted by molar-refractivity contribution is 7.86. The van der Waals surface area contributed by atoms with Gasteiger partial charge in [-0.25, -0.2) is 0 Å². The van der Waals surface area contributed by atoms with E-state index in [2.05, 4.69) is 13.8 Å². The molecule has 0 saturated carbocycles. The van der Waals surface area contributed by atoms with Crippen molar-refractivity contribution < 1.29 is 8.42 Å². The maximum absolute atomic E-state index is 12.1. The number of nitrogens with zero attached hydrogens (tertiary/aromatic N) is 2. The SMILES string of the molecule is CC1CN(S(=O)(=O)N(C)CCCCl)CC1C. The van der Waals surface area contributed by atoms with Crippen LogP contribution in [0.2, 0.25) is 0 Å². The lowest BCUT2D eigenvalue weighted by Crippen LogP contribution is -2.41. The Kier molecular flexibility index (Phi) is 5.04. The molecule has 1 heterocycles. The van der Waals surface area contributed by atoms with Gasteiger partial charge in [0.2, 0.25) is 0 Å². The lowest BCUT2D eigenvalue weighted by atomic mass is 10.0. The first-order valence-electron chi connectivity index (χ1n) is 5.67. The summed E-state index contributed by atoms with van der Waals surface area (Å²) in [5, 5.41) is 0. The van der Waals surface area contributed by atoms with E-state index in [0.717, 1.165) is 0 Å². The Morgan fingerprint density at radius 1 is 1.31 bits per heavy atom. The lowest BCUT2D eigenvalue weighted by molar-refractivity contribution is 0.388. The zero-order chi connectivity index (χ0) is 12.3. The summed E-state index contributed by atoms with van der Waals surface area (Å²) in [4.78, 5) is 0. The summed E-state index contributed by atoms with van der Waals surface area (Å²) in [6.07, 6.45) is 0.691. The number of alkyl halides is 1. The van der Waals surface area contributed by atoms with Crippen molar-refractivity contribution in [1.29, 1.82) is 0 Å². The summed E-state index contributed by atoms with van der Waals surface area (Å²) in [5.74, 6) is 1.37. The van der Waals surface area contributed by atoms with E-state index in [1.165, 1.54) is 4.31 Å². The molecule has 0 spiro atoms. The molecule has 1 aliphatic rings. The van der Waals surface area contributed by atoms with Crippen LogP contribution >= 0.6 is 11.6 Å². The molecule has 1 rings (SSSR count). The van der Waals surface area contributed by atoms with E-state index in [0.29, 0.717) is 43.8 Å². The largest absolute Gasteiger partial charge is 0.281 e. The van der Waals surface area contributed by atoms with Crippen LogP contribution in [0.15, 0.2) is 0 Å². The van der Waals surface area contributed by atoms with Crippen LogP contribution in [0.3, 0.4) is 0 Å². The van der Waals surface area contributed by atoms with Crippen LogP contribution in [0.4, 0.5) is 0 Å². The van der Waals surface area contributed by atoms with E-state index in [9.17, 15) is 8.42 Å². The van der Waals surface area contributed by atoms with Crippen molar-refractivity contribution in [2.24, 2.45) is 11.8 Å². The molecule has 2 unspecified atom stereocenters. The fourth-order valence-electron chi connectivity index (χ4n) is 1.86. The van der Waals surface area contributed by atoms with Crippen molar-refractivity contribution in [2.45, 2.75) is 20.3 Å². The maximum Gasteiger partial charge on any atom is 0.281 e. The normalized spacial score (nSPS) is 27.8. The van der Waals surface area contributed by atoms with Gasteiger partial charge >= 0.3 is 0 Å². The van der Waals surface area contributed by atoms with Crippen LogP contribution in [-0.2, 0) is 10.2 Å². The van der Waals surface area contributed by atoms with Crippen molar-refractivity contribution >= 4 is 21.8 Å². The van der Waals surface area contributed by atoms with Crippen LogP contribution < -0.4 is 0 Å². The highest BCUT2D eigenvalue weighted by Crippen LogP contribution is 2.25. The van der Waals surface area contributed by atoms with Gasteiger partial charge in [0, 0.05) is 32.6 Å². The summed E-state index contributed by atoms with van der Waals surface area (Å²) < 4.78 is 27.3. The number of halogens is 1. The minimum atomic E-state index is -3.27. The van der Waals surface area contributed by atoms with E-state index in [1.807, 2.05) is 0 Å². The molecule has 4 nitrogen and oxygen atoms in total. The van der Waals surface area contributed by atoms with Gasteiger partial charge in [0.25, 0.3) is 10.2 Å². The van der Waals surface area contributed by atoms with Crippen LogP contribution in [-0.4, -0.2) is 49.6 Å². The average Bonchev–Trinajstić information content (AvgIpc) is 2.56. The summed E-state index contributed by atoms with van der Waals surface area (Å²) in [5.41, 5.74) is 0.